The van der Waals surface area contributed by atoms with Crippen molar-refractivity contribution in [3.63, 3.8) is 0 Å². The largest absolute Gasteiger partial charge is 0.378 e. The van der Waals surface area contributed by atoms with Crippen molar-refractivity contribution in [2.75, 3.05) is 38.1 Å². The van der Waals surface area contributed by atoms with E-state index in [-0.39, 0.29) is 0 Å². The van der Waals surface area contributed by atoms with Gasteiger partial charge in [-0.2, -0.15) is 11.8 Å². The summed E-state index contributed by atoms with van der Waals surface area (Å²) < 4.78 is 5.75. The fourth-order valence-electron chi connectivity index (χ4n) is 2.87. The second-order valence-corrected chi connectivity index (χ2v) is 6.36. The zero-order valence-electron chi connectivity index (χ0n) is 9.70. The molecule has 0 aromatic carbocycles. The van der Waals surface area contributed by atoms with E-state index in [9.17, 15) is 0 Å². The van der Waals surface area contributed by atoms with Crippen LogP contribution >= 0.6 is 23.5 Å². The maximum atomic E-state index is 5.75. The number of likely N-dealkylation sites (tertiary alicyclic amines) is 1. The maximum absolute atomic E-state index is 5.75. The first-order valence-corrected chi connectivity index (χ1v) is 8.36. The molecule has 0 radical (unpaired) electrons. The van der Waals surface area contributed by atoms with Gasteiger partial charge in [-0.15, -0.1) is 11.8 Å². The number of hydrogen-bond donors (Lipinski definition) is 0. The van der Waals surface area contributed by atoms with E-state index >= 15 is 0 Å². The van der Waals surface area contributed by atoms with Crippen LogP contribution in [0.25, 0.3) is 0 Å². The van der Waals surface area contributed by atoms with Crippen LogP contribution in [-0.2, 0) is 4.74 Å². The van der Waals surface area contributed by atoms with Gasteiger partial charge in [0.05, 0.1) is 18.8 Å². The molecule has 2 nitrogen and oxygen atoms in total. The summed E-state index contributed by atoms with van der Waals surface area (Å²) in [7, 11) is 0. The molecule has 0 saturated carbocycles. The molecular weight excluding hydrogens is 226 g/mol. The third-order valence-electron chi connectivity index (χ3n) is 3.71. The van der Waals surface area contributed by atoms with Crippen LogP contribution in [-0.4, -0.2) is 53.8 Å². The summed E-state index contributed by atoms with van der Waals surface area (Å²) in [5, 5.41) is 0.685. The molecule has 2 heterocycles. The summed E-state index contributed by atoms with van der Waals surface area (Å²) in [4.78, 5) is 2.68. The minimum Gasteiger partial charge on any atom is -0.378 e. The molecule has 2 atom stereocenters. The molecule has 2 fully saturated rings. The predicted molar refractivity (Wildman–Crippen MR) is 69.8 cm³/mol. The Morgan fingerprint density at radius 1 is 1.40 bits per heavy atom. The fraction of sp³-hybridized carbons (Fsp3) is 1.00. The molecule has 2 rings (SSSR count). The maximum Gasteiger partial charge on any atom is 0.0663 e. The van der Waals surface area contributed by atoms with E-state index in [1.165, 1.54) is 31.7 Å². The van der Waals surface area contributed by atoms with Crippen molar-refractivity contribution in [3.8, 4) is 0 Å². The van der Waals surface area contributed by atoms with E-state index in [0.29, 0.717) is 10.8 Å². The van der Waals surface area contributed by atoms with Gasteiger partial charge in [-0.25, -0.2) is 0 Å². The summed E-state index contributed by atoms with van der Waals surface area (Å²) in [6, 6.07) is 0. The van der Waals surface area contributed by atoms with Gasteiger partial charge < -0.3 is 4.74 Å². The van der Waals surface area contributed by atoms with Gasteiger partial charge in [-0.3, -0.25) is 4.90 Å². The van der Waals surface area contributed by atoms with Crippen molar-refractivity contribution in [2.45, 2.75) is 30.1 Å². The number of piperidine rings is 1. The molecule has 2 saturated heterocycles. The van der Waals surface area contributed by atoms with E-state index < -0.39 is 0 Å². The van der Waals surface area contributed by atoms with Crippen molar-refractivity contribution >= 4 is 23.5 Å². The average Bonchev–Trinajstić information content (AvgIpc) is 2.66. The van der Waals surface area contributed by atoms with Crippen molar-refractivity contribution in [1.29, 1.82) is 0 Å². The van der Waals surface area contributed by atoms with Crippen molar-refractivity contribution in [2.24, 2.45) is 0 Å². The van der Waals surface area contributed by atoms with Gasteiger partial charge in [0.25, 0.3) is 0 Å². The van der Waals surface area contributed by atoms with Gasteiger partial charge in [0.2, 0.25) is 0 Å². The third kappa shape index (κ3) is 2.19. The van der Waals surface area contributed by atoms with Crippen molar-refractivity contribution in [1.82, 2.24) is 4.90 Å². The first-order valence-electron chi connectivity index (χ1n) is 5.68. The first kappa shape index (κ1) is 12.1. The third-order valence-corrected chi connectivity index (χ3v) is 5.42. The van der Waals surface area contributed by atoms with E-state index in [2.05, 4.69) is 17.4 Å². The molecular formula is C11H21NOS2. The van der Waals surface area contributed by atoms with Crippen molar-refractivity contribution in [3.05, 3.63) is 0 Å². The smallest absolute Gasteiger partial charge is 0.0663 e. The van der Waals surface area contributed by atoms with Crippen LogP contribution in [0.4, 0.5) is 0 Å². The molecule has 0 unspecified atom stereocenters. The van der Waals surface area contributed by atoms with Crippen LogP contribution in [0.3, 0.4) is 0 Å². The van der Waals surface area contributed by atoms with Crippen LogP contribution in [0, 0.1) is 0 Å². The molecule has 0 bridgehead atoms. The summed E-state index contributed by atoms with van der Waals surface area (Å²) in [5.74, 6) is 1.17. The molecule has 0 aliphatic carbocycles. The molecule has 2 aliphatic rings. The lowest BCUT2D eigenvalue weighted by Gasteiger charge is -2.46. The van der Waals surface area contributed by atoms with E-state index in [1.54, 1.807) is 0 Å². The Morgan fingerprint density at radius 2 is 2.27 bits per heavy atom. The van der Waals surface area contributed by atoms with Crippen LogP contribution in [0.1, 0.15) is 19.3 Å². The van der Waals surface area contributed by atoms with Gasteiger partial charge in [-0.1, -0.05) is 6.42 Å². The molecule has 1 spiro atoms. The fourth-order valence-corrected chi connectivity index (χ4v) is 4.57. The molecule has 15 heavy (non-hydrogen) atoms. The van der Waals surface area contributed by atoms with Crippen LogP contribution in [0.5, 0.6) is 0 Å². The molecule has 0 aromatic rings. The Kier molecular flexibility index (Phi) is 4.27. The van der Waals surface area contributed by atoms with Gasteiger partial charge in [0, 0.05) is 11.1 Å². The Bertz CT molecular complexity index is 213. The zero-order chi connectivity index (χ0) is 10.7. The molecule has 4 heteroatoms. The van der Waals surface area contributed by atoms with Gasteiger partial charge in [0.15, 0.2) is 0 Å². The summed E-state index contributed by atoms with van der Waals surface area (Å²) >= 11 is 3.93. The summed E-state index contributed by atoms with van der Waals surface area (Å²) in [6.45, 7) is 3.17. The lowest BCUT2D eigenvalue weighted by molar-refractivity contribution is 0.0521. The number of ether oxygens (including phenoxy) is 1. The van der Waals surface area contributed by atoms with Gasteiger partial charge in [-0.05, 0) is 31.9 Å². The Morgan fingerprint density at radius 3 is 3.00 bits per heavy atom. The highest BCUT2D eigenvalue weighted by Gasteiger charge is 2.48. The molecule has 0 aromatic heterocycles. The molecule has 0 amide bonds. The number of rotatable bonds is 3. The lowest BCUT2D eigenvalue weighted by atomic mass is 9.86. The van der Waals surface area contributed by atoms with Crippen LogP contribution < -0.4 is 0 Å². The standard InChI is InChI=1S/C11H21NOS2/c1-14-9-12-6-4-3-5-11(12)8-13-7-10(11)15-2/h10H,3-9H2,1-2H3/t10-,11+/m0/s1. The minimum atomic E-state index is 0.362. The normalized spacial score (nSPS) is 37.6. The average molecular weight is 247 g/mol. The Labute approximate surface area is 101 Å². The highest BCUT2D eigenvalue weighted by Crippen LogP contribution is 2.41. The molecule has 88 valence electrons. The summed E-state index contributed by atoms with van der Waals surface area (Å²) in [6.07, 6.45) is 8.51. The number of hydrogen-bond acceptors (Lipinski definition) is 4. The number of thioether (sulfide) groups is 2. The van der Waals surface area contributed by atoms with Gasteiger partial charge in [0.1, 0.15) is 0 Å². The second-order valence-electron chi connectivity index (χ2n) is 4.48. The lowest BCUT2D eigenvalue weighted by Crippen LogP contribution is -2.57. The predicted octanol–water partition coefficient (Wildman–Crippen LogP) is 2.29. The monoisotopic (exact) mass is 247 g/mol. The van der Waals surface area contributed by atoms with E-state index in [1.807, 2.05) is 23.5 Å². The zero-order valence-corrected chi connectivity index (χ0v) is 11.3. The van der Waals surface area contributed by atoms with Crippen LogP contribution in [0.2, 0.25) is 0 Å². The summed E-state index contributed by atoms with van der Waals surface area (Å²) in [5.41, 5.74) is 0.362. The quantitative estimate of drug-likeness (QED) is 0.758. The SMILES string of the molecule is CSCN1CCCC[C@]12COC[C@@H]2SC. The van der Waals surface area contributed by atoms with E-state index in [0.717, 1.165) is 13.2 Å². The molecule has 2 aliphatic heterocycles. The Hall–Kier alpha value is 0.620. The molecule has 0 N–H and O–H groups in total. The highest BCUT2D eigenvalue weighted by atomic mass is 32.2. The van der Waals surface area contributed by atoms with Crippen molar-refractivity contribution < 1.29 is 4.74 Å². The second kappa shape index (κ2) is 5.30. The first-order chi connectivity index (χ1) is 7.33. The van der Waals surface area contributed by atoms with E-state index in [4.69, 9.17) is 4.74 Å². The Balaban J connectivity index is 2.13. The number of nitrogens with zero attached hydrogens (tertiary/aromatic N) is 1. The van der Waals surface area contributed by atoms with Crippen LogP contribution in [0.15, 0.2) is 0 Å². The topological polar surface area (TPSA) is 12.5 Å². The minimum absolute atomic E-state index is 0.362. The highest BCUT2D eigenvalue weighted by molar-refractivity contribution is 7.99. The van der Waals surface area contributed by atoms with Gasteiger partial charge >= 0.3 is 0 Å².